The van der Waals surface area contributed by atoms with Gasteiger partial charge in [-0.15, -0.1) is 0 Å². The molecule has 0 aromatic carbocycles. The van der Waals surface area contributed by atoms with Crippen LogP contribution >= 0.6 is 0 Å². The Balaban J connectivity index is 1.57. The Kier molecular flexibility index (Phi) is 4.73. The molecule has 2 aliphatic rings. The van der Waals surface area contributed by atoms with Gasteiger partial charge in [0.05, 0.1) is 25.0 Å². The number of hydrogen-bond donors (Lipinski definition) is 0. The Morgan fingerprint density at radius 2 is 2.04 bits per heavy atom. The van der Waals surface area contributed by atoms with Crippen molar-refractivity contribution in [2.75, 3.05) is 33.4 Å². The summed E-state index contributed by atoms with van der Waals surface area (Å²) in [6, 6.07) is 0. The Morgan fingerprint density at radius 3 is 2.57 bits per heavy atom. The van der Waals surface area contributed by atoms with Gasteiger partial charge < -0.3 is 18.9 Å². The van der Waals surface area contributed by atoms with Crippen LogP contribution in [0, 0.1) is 19.3 Å². The van der Waals surface area contributed by atoms with Gasteiger partial charge in [-0.2, -0.15) is 0 Å². The van der Waals surface area contributed by atoms with Crippen LogP contribution in [0.1, 0.15) is 47.5 Å². The molecule has 128 valence electrons. The predicted octanol–water partition coefficient (Wildman–Crippen LogP) is 2.34. The lowest BCUT2D eigenvalue weighted by atomic mass is 9.60. The molecular formula is C17H26N2O4. The molecule has 1 saturated carbocycles. The van der Waals surface area contributed by atoms with E-state index in [0.29, 0.717) is 36.3 Å². The minimum Gasteiger partial charge on any atom is -0.382 e. The van der Waals surface area contributed by atoms with Crippen molar-refractivity contribution in [3.8, 4) is 0 Å². The molecule has 1 aliphatic carbocycles. The van der Waals surface area contributed by atoms with Crippen molar-refractivity contribution in [1.29, 1.82) is 0 Å². The molecule has 3 rings (SSSR count). The third kappa shape index (κ3) is 3.02. The molecule has 1 unspecified atom stereocenters. The van der Waals surface area contributed by atoms with E-state index in [1.807, 2.05) is 11.8 Å². The van der Waals surface area contributed by atoms with E-state index in [-0.39, 0.29) is 11.3 Å². The maximum absolute atomic E-state index is 12.7. The number of methoxy groups -OCH3 is 1. The molecule has 1 amide bonds. The predicted molar refractivity (Wildman–Crippen MR) is 84.4 cm³/mol. The number of piperidine rings is 1. The molecule has 1 spiro atoms. The molecule has 6 nitrogen and oxygen atoms in total. The van der Waals surface area contributed by atoms with E-state index in [4.69, 9.17) is 14.0 Å². The normalized spacial score (nSPS) is 23.1. The van der Waals surface area contributed by atoms with Crippen LogP contribution in [-0.4, -0.2) is 55.5 Å². The molecule has 0 N–H and O–H groups in total. The highest BCUT2D eigenvalue weighted by Gasteiger charge is 2.49. The molecule has 1 aromatic heterocycles. The van der Waals surface area contributed by atoms with Gasteiger partial charge in [0, 0.05) is 25.6 Å². The number of nitrogens with zero attached hydrogens (tertiary/aromatic N) is 2. The summed E-state index contributed by atoms with van der Waals surface area (Å²) in [5.41, 5.74) is 1.57. The Hall–Kier alpha value is -1.40. The van der Waals surface area contributed by atoms with Crippen LogP contribution in [-0.2, 0) is 9.47 Å². The van der Waals surface area contributed by atoms with Crippen LogP contribution in [0.25, 0.3) is 0 Å². The number of carbonyl (C=O) groups is 1. The summed E-state index contributed by atoms with van der Waals surface area (Å²) in [5.74, 6) is 0.657. The van der Waals surface area contributed by atoms with Crippen molar-refractivity contribution in [3.05, 3.63) is 17.0 Å². The molecule has 1 aliphatic heterocycles. The number of aromatic nitrogens is 1. The second-order valence-electron chi connectivity index (χ2n) is 6.74. The highest BCUT2D eigenvalue weighted by molar-refractivity contribution is 5.96. The first-order valence-corrected chi connectivity index (χ1v) is 8.40. The molecular weight excluding hydrogens is 296 g/mol. The van der Waals surface area contributed by atoms with E-state index in [1.54, 1.807) is 14.0 Å². The van der Waals surface area contributed by atoms with Crippen LogP contribution in [0.15, 0.2) is 4.52 Å². The average molecular weight is 322 g/mol. The van der Waals surface area contributed by atoms with E-state index in [9.17, 15) is 4.79 Å². The van der Waals surface area contributed by atoms with Crippen LogP contribution in [0.5, 0.6) is 0 Å². The highest BCUT2D eigenvalue weighted by atomic mass is 16.5. The van der Waals surface area contributed by atoms with Gasteiger partial charge in [0.15, 0.2) is 0 Å². The number of aryl methyl sites for hydroxylation is 2. The quantitative estimate of drug-likeness (QED) is 0.779. The van der Waals surface area contributed by atoms with E-state index in [2.05, 4.69) is 5.16 Å². The van der Waals surface area contributed by atoms with Crippen molar-refractivity contribution in [3.63, 3.8) is 0 Å². The summed E-state index contributed by atoms with van der Waals surface area (Å²) in [5, 5.41) is 3.89. The van der Waals surface area contributed by atoms with E-state index >= 15 is 0 Å². The van der Waals surface area contributed by atoms with Gasteiger partial charge in [0.1, 0.15) is 11.3 Å². The van der Waals surface area contributed by atoms with E-state index < -0.39 is 0 Å². The van der Waals surface area contributed by atoms with Crippen molar-refractivity contribution in [1.82, 2.24) is 10.1 Å². The maximum atomic E-state index is 12.7. The number of likely N-dealkylation sites (tertiary alicyclic amines) is 1. The summed E-state index contributed by atoms with van der Waals surface area (Å²) in [7, 11) is 1.69. The first kappa shape index (κ1) is 16.5. The van der Waals surface area contributed by atoms with Crippen LogP contribution in [0.4, 0.5) is 0 Å². The fourth-order valence-corrected chi connectivity index (χ4v) is 3.88. The smallest absolute Gasteiger partial charge is 0.259 e. The van der Waals surface area contributed by atoms with Crippen molar-refractivity contribution < 1.29 is 18.8 Å². The monoisotopic (exact) mass is 322 g/mol. The second kappa shape index (κ2) is 6.61. The fraction of sp³-hybridized carbons (Fsp3) is 0.765. The van der Waals surface area contributed by atoms with Gasteiger partial charge in [-0.1, -0.05) is 5.16 Å². The van der Waals surface area contributed by atoms with E-state index in [1.165, 1.54) is 6.42 Å². The SMILES string of the molecule is COCCOC1CCC12CCN(C(=O)c1c(C)noc1C)CC2. The highest BCUT2D eigenvalue weighted by Crippen LogP contribution is 2.50. The lowest BCUT2D eigenvalue weighted by Crippen LogP contribution is -2.54. The minimum absolute atomic E-state index is 0.0484. The van der Waals surface area contributed by atoms with Gasteiger partial charge in [-0.3, -0.25) is 4.79 Å². The molecule has 2 heterocycles. The minimum atomic E-state index is 0.0484. The van der Waals surface area contributed by atoms with Gasteiger partial charge >= 0.3 is 0 Å². The number of ether oxygens (including phenoxy) is 2. The summed E-state index contributed by atoms with van der Waals surface area (Å²) < 4.78 is 16.1. The van der Waals surface area contributed by atoms with E-state index in [0.717, 1.165) is 32.4 Å². The lowest BCUT2D eigenvalue weighted by Gasteiger charge is -2.53. The van der Waals surface area contributed by atoms with Crippen molar-refractivity contribution in [2.24, 2.45) is 5.41 Å². The average Bonchev–Trinajstić information content (AvgIpc) is 2.89. The molecule has 0 radical (unpaired) electrons. The van der Waals surface area contributed by atoms with Crippen molar-refractivity contribution in [2.45, 2.75) is 45.6 Å². The number of rotatable bonds is 5. The molecule has 23 heavy (non-hydrogen) atoms. The zero-order chi connectivity index (χ0) is 16.4. The molecule has 1 aromatic rings. The molecule has 6 heteroatoms. The Bertz CT molecular complexity index is 541. The molecule has 2 fully saturated rings. The first-order chi connectivity index (χ1) is 11.1. The van der Waals surface area contributed by atoms with Gasteiger partial charge in [-0.25, -0.2) is 0 Å². The number of amides is 1. The zero-order valence-corrected chi connectivity index (χ0v) is 14.3. The Morgan fingerprint density at radius 1 is 1.30 bits per heavy atom. The van der Waals surface area contributed by atoms with Crippen molar-refractivity contribution >= 4 is 5.91 Å². The summed E-state index contributed by atoms with van der Waals surface area (Å²) in [4.78, 5) is 14.6. The Labute approximate surface area is 137 Å². The summed E-state index contributed by atoms with van der Waals surface area (Å²) >= 11 is 0. The summed E-state index contributed by atoms with van der Waals surface area (Å²) in [6.45, 7) is 6.49. The van der Waals surface area contributed by atoms with Crippen LogP contribution < -0.4 is 0 Å². The van der Waals surface area contributed by atoms with Crippen LogP contribution in [0.2, 0.25) is 0 Å². The number of hydrogen-bond acceptors (Lipinski definition) is 5. The lowest BCUT2D eigenvalue weighted by molar-refractivity contribution is -0.139. The standard InChI is InChI=1S/C17H26N2O4/c1-12-15(13(2)23-18-12)16(20)19-8-6-17(7-9-19)5-4-14(17)22-11-10-21-3/h14H,4-11H2,1-3H3. The van der Waals surface area contributed by atoms with Gasteiger partial charge in [-0.05, 0) is 39.5 Å². The van der Waals surface area contributed by atoms with Crippen LogP contribution in [0.3, 0.4) is 0 Å². The third-order valence-electron chi connectivity index (χ3n) is 5.49. The maximum Gasteiger partial charge on any atom is 0.259 e. The number of carbonyl (C=O) groups excluding carboxylic acids is 1. The zero-order valence-electron chi connectivity index (χ0n) is 14.3. The first-order valence-electron chi connectivity index (χ1n) is 8.40. The van der Waals surface area contributed by atoms with Gasteiger partial charge in [0.2, 0.25) is 0 Å². The van der Waals surface area contributed by atoms with Gasteiger partial charge in [0.25, 0.3) is 5.91 Å². The fourth-order valence-electron chi connectivity index (χ4n) is 3.88. The topological polar surface area (TPSA) is 64.8 Å². The third-order valence-corrected chi connectivity index (χ3v) is 5.49. The largest absolute Gasteiger partial charge is 0.382 e. The summed E-state index contributed by atoms with van der Waals surface area (Å²) in [6.07, 6.45) is 4.69. The second-order valence-corrected chi connectivity index (χ2v) is 6.74. The molecule has 1 saturated heterocycles. The molecule has 0 bridgehead atoms. The molecule has 1 atom stereocenters.